The summed E-state index contributed by atoms with van der Waals surface area (Å²) in [5.41, 5.74) is 0.0763. The zero-order valence-electron chi connectivity index (χ0n) is 7.27. The molecule has 0 bridgehead atoms. The van der Waals surface area contributed by atoms with E-state index in [4.69, 9.17) is 5.11 Å². The highest BCUT2D eigenvalue weighted by Gasteiger charge is 2.36. The Morgan fingerprint density at radius 3 is 2.53 bits per heavy atom. The number of halogens is 1. The Morgan fingerprint density at radius 1 is 1.33 bits per heavy atom. The molecule has 0 radical (unpaired) electrons. The van der Waals surface area contributed by atoms with Gasteiger partial charge in [-0.2, -0.15) is 0 Å². The fourth-order valence-electron chi connectivity index (χ4n) is 1.43. The second-order valence-corrected chi connectivity index (χ2v) is 4.83. The summed E-state index contributed by atoms with van der Waals surface area (Å²) in [7, 11) is -4.19. The van der Waals surface area contributed by atoms with Crippen molar-refractivity contribution in [2.24, 2.45) is 0 Å². The zero-order chi connectivity index (χ0) is 11.2. The first-order valence-electron chi connectivity index (χ1n) is 3.93. The molecule has 0 amide bonds. The highest BCUT2D eigenvalue weighted by atomic mass is 32.2. The number of sulfone groups is 1. The maximum absolute atomic E-state index is 13.2. The fraction of sp³-hybridized carbons (Fsp3) is 0. The maximum atomic E-state index is 13.2. The average Bonchev–Trinajstić information content (AvgIpc) is 2.39. The van der Waals surface area contributed by atoms with Crippen molar-refractivity contribution in [3.05, 3.63) is 34.5 Å². The Kier molecular flexibility index (Phi) is 1.90. The molecule has 1 heterocycles. The predicted molar refractivity (Wildman–Crippen MR) is 49.2 cm³/mol. The van der Waals surface area contributed by atoms with E-state index in [9.17, 15) is 17.6 Å². The van der Waals surface area contributed by atoms with Crippen LogP contribution in [0.3, 0.4) is 0 Å². The van der Waals surface area contributed by atoms with Crippen LogP contribution in [0.5, 0.6) is 0 Å². The van der Waals surface area contributed by atoms with Crippen molar-refractivity contribution in [1.29, 1.82) is 0 Å². The van der Waals surface area contributed by atoms with Crippen LogP contribution >= 0.6 is 0 Å². The lowest BCUT2D eigenvalue weighted by molar-refractivity contribution is -0.131. The first-order valence-corrected chi connectivity index (χ1v) is 5.41. The molecule has 2 rings (SSSR count). The molecule has 1 aromatic rings. The standard InChI is InChI=1S/C9H5FO4S/c10-6-3-1-2-5-4-7(9(11)12)15(13,14)8(5)6/h1-4H,(H,11,12). The third kappa shape index (κ3) is 1.25. The number of carbonyl (C=O) groups is 1. The van der Waals surface area contributed by atoms with E-state index in [0.29, 0.717) is 0 Å². The van der Waals surface area contributed by atoms with Gasteiger partial charge in [-0.25, -0.2) is 17.6 Å². The van der Waals surface area contributed by atoms with Gasteiger partial charge in [-0.05, 0) is 17.7 Å². The number of rotatable bonds is 1. The van der Waals surface area contributed by atoms with Crippen LogP contribution in [0.2, 0.25) is 0 Å². The number of hydrogen-bond acceptors (Lipinski definition) is 3. The summed E-state index contributed by atoms with van der Waals surface area (Å²) in [5.74, 6) is -2.51. The van der Waals surface area contributed by atoms with Crippen LogP contribution < -0.4 is 0 Å². The Morgan fingerprint density at radius 2 is 2.00 bits per heavy atom. The molecule has 0 spiro atoms. The van der Waals surface area contributed by atoms with Crippen molar-refractivity contribution in [2.45, 2.75) is 4.90 Å². The van der Waals surface area contributed by atoms with Gasteiger partial charge in [0.05, 0.1) is 0 Å². The van der Waals surface area contributed by atoms with Crippen LogP contribution in [-0.4, -0.2) is 19.5 Å². The number of aliphatic carboxylic acids is 1. The maximum Gasteiger partial charge on any atom is 0.347 e. The molecule has 0 saturated carbocycles. The molecule has 0 unspecified atom stereocenters. The second-order valence-electron chi connectivity index (χ2n) is 2.98. The van der Waals surface area contributed by atoms with Crippen molar-refractivity contribution >= 4 is 21.9 Å². The van der Waals surface area contributed by atoms with Crippen molar-refractivity contribution in [1.82, 2.24) is 0 Å². The van der Waals surface area contributed by atoms with E-state index in [1.54, 1.807) is 0 Å². The molecule has 78 valence electrons. The molecule has 4 nitrogen and oxygen atoms in total. The first kappa shape index (κ1) is 9.85. The normalized spacial score (nSPS) is 17.0. The van der Waals surface area contributed by atoms with Gasteiger partial charge in [0.15, 0.2) is 4.91 Å². The molecule has 1 aromatic carbocycles. The monoisotopic (exact) mass is 228 g/mol. The molecule has 0 aliphatic carbocycles. The summed E-state index contributed by atoms with van der Waals surface area (Å²) < 4.78 is 36.3. The van der Waals surface area contributed by atoms with Gasteiger partial charge in [-0.3, -0.25) is 0 Å². The van der Waals surface area contributed by atoms with E-state index < -0.39 is 31.4 Å². The highest BCUT2D eigenvalue weighted by molar-refractivity contribution is 7.96. The number of carboxylic acids is 1. The summed E-state index contributed by atoms with van der Waals surface area (Å²) in [4.78, 5) is 9.28. The van der Waals surface area contributed by atoms with Crippen molar-refractivity contribution in [3.63, 3.8) is 0 Å². The molecule has 1 aliphatic rings. The SMILES string of the molecule is O=C(O)C1=Cc2cccc(F)c2S1(=O)=O. The smallest absolute Gasteiger partial charge is 0.347 e. The van der Waals surface area contributed by atoms with E-state index in [-0.39, 0.29) is 5.56 Å². The van der Waals surface area contributed by atoms with E-state index in [1.807, 2.05) is 0 Å². The summed E-state index contributed by atoms with van der Waals surface area (Å²) in [6.07, 6.45) is 0.954. The van der Waals surface area contributed by atoms with Gasteiger partial charge in [-0.1, -0.05) is 12.1 Å². The third-order valence-corrected chi connectivity index (χ3v) is 3.89. The van der Waals surface area contributed by atoms with Gasteiger partial charge in [0.2, 0.25) is 9.84 Å². The minimum Gasteiger partial charge on any atom is -0.477 e. The summed E-state index contributed by atoms with van der Waals surface area (Å²) in [5, 5.41) is 8.64. The van der Waals surface area contributed by atoms with Crippen LogP contribution in [-0.2, 0) is 14.6 Å². The van der Waals surface area contributed by atoms with Gasteiger partial charge in [-0.15, -0.1) is 0 Å². The summed E-state index contributed by atoms with van der Waals surface area (Å²) in [6, 6.07) is 3.66. The van der Waals surface area contributed by atoms with Gasteiger partial charge in [0.25, 0.3) is 0 Å². The average molecular weight is 228 g/mol. The number of benzene rings is 1. The largest absolute Gasteiger partial charge is 0.477 e. The van der Waals surface area contributed by atoms with E-state index in [2.05, 4.69) is 0 Å². The molecule has 0 saturated heterocycles. The lowest BCUT2D eigenvalue weighted by atomic mass is 10.2. The van der Waals surface area contributed by atoms with Crippen LogP contribution in [0.4, 0.5) is 4.39 Å². The van der Waals surface area contributed by atoms with Crippen LogP contribution in [0, 0.1) is 5.82 Å². The highest BCUT2D eigenvalue weighted by Crippen LogP contribution is 2.34. The Hall–Kier alpha value is -1.69. The Balaban J connectivity index is 2.80. The zero-order valence-corrected chi connectivity index (χ0v) is 8.08. The van der Waals surface area contributed by atoms with E-state index >= 15 is 0 Å². The molecule has 0 atom stereocenters. The Labute approximate surface area is 84.6 Å². The summed E-state index contributed by atoms with van der Waals surface area (Å²) in [6.45, 7) is 0. The van der Waals surface area contributed by atoms with Crippen molar-refractivity contribution in [3.8, 4) is 0 Å². The molecular formula is C9H5FO4S. The van der Waals surface area contributed by atoms with Gasteiger partial charge < -0.3 is 5.11 Å². The second kappa shape index (κ2) is 2.90. The van der Waals surface area contributed by atoms with Crippen LogP contribution in [0.25, 0.3) is 6.08 Å². The van der Waals surface area contributed by atoms with E-state index in [0.717, 1.165) is 12.1 Å². The number of fused-ring (bicyclic) bond motifs is 1. The fourth-order valence-corrected chi connectivity index (χ4v) is 2.92. The molecule has 0 fully saturated rings. The van der Waals surface area contributed by atoms with Crippen molar-refractivity contribution in [2.75, 3.05) is 0 Å². The van der Waals surface area contributed by atoms with Crippen molar-refractivity contribution < 1.29 is 22.7 Å². The third-order valence-electron chi connectivity index (χ3n) is 2.05. The molecule has 1 aliphatic heterocycles. The Bertz CT molecular complexity index is 586. The number of carboxylic acid groups (broad SMARTS) is 1. The minimum atomic E-state index is -4.19. The topological polar surface area (TPSA) is 71.4 Å². The molecule has 1 N–H and O–H groups in total. The first-order chi connectivity index (χ1) is 6.94. The van der Waals surface area contributed by atoms with Gasteiger partial charge in [0.1, 0.15) is 10.7 Å². The minimum absolute atomic E-state index is 0.0763. The van der Waals surface area contributed by atoms with Crippen LogP contribution in [0.15, 0.2) is 28.0 Å². The molecule has 0 aromatic heterocycles. The molecule has 6 heteroatoms. The number of hydrogen-bond donors (Lipinski definition) is 1. The van der Waals surface area contributed by atoms with E-state index in [1.165, 1.54) is 12.1 Å². The lowest BCUT2D eigenvalue weighted by Gasteiger charge is -2.00. The molecule has 15 heavy (non-hydrogen) atoms. The van der Waals surface area contributed by atoms with Gasteiger partial charge in [0, 0.05) is 0 Å². The predicted octanol–water partition coefficient (Wildman–Crippen LogP) is 1.04. The van der Waals surface area contributed by atoms with Crippen LogP contribution in [0.1, 0.15) is 5.56 Å². The van der Waals surface area contributed by atoms with Gasteiger partial charge >= 0.3 is 5.97 Å². The summed E-state index contributed by atoms with van der Waals surface area (Å²) >= 11 is 0. The lowest BCUT2D eigenvalue weighted by Crippen LogP contribution is -2.10. The molecular weight excluding hydrogens is 223 g/mol. The quantitative estimate of drug-likeness (QED) is 0.779.